The Balaban J connectivity index is 2.87. The molecule has 1 amide bonds. The van der Waals surface area contributed by atoms with E-state index in [-0.39, 0.29) is 5.56 Å². The Kier molecular flexibility index (Phi) is 4.70. The monoisotopic (exact) mass is 286 g/mol. The fraction of sp³-hybridized carbons (Fsp3) is 0.500. The van der Waals surface area contributed by atoms with Crippen LogP contribution in [0.2, 0.25) is 0 Å². The Morgan fingerprint density at radius 2 is 1.95 bits per heavy atom. The van der Waals surface area contributed by atoms with Gasteiger partial charge in [0.15, 0.2) is 0 Å². The molecule has 0 aliphatic heterocycles. The van der Waals surface area contributed by atoms with Crippen molar-refractivity contribution in [1.82, 2.24) is 0 Å². The first-order chi connectivity index (χ1) is 9.05. The number of carbonyl (C=O) groups excluding carboxylic acids is 1. The van der Waals surface area contributed by atoms with Crippen LogP contribution in [0.4, 0.5) is 19.3 Å². The first-order valence-corrected chi connectivity index (χ1v) is 6.24. The van der Waals surface area contributed by atoms with Gasteiger partial charge in [0.2, 0.25) is 0 Å². The average molecular weight is 286 g/mol. The molecule has 6 heteroatoms. The maximum absolute atomic E-state index is 13.4. The number of nitrogens with one attached hydrogen (secondary N) is 1. The van der Waals surface area contributed by atoms with Crippen LogP contribution in [0.15, 0.2) is 18.2 Å². The van der Waals surface area contributed by atoms with E-state index in [1.807, 2.05) is 0 Å². The van der Waals surface area contributed by atoms with Crippen LogP contribution in [0.1, 0.15) is 31.9 Å². The van der Waals surface area contributed by atoms with Crippen molar-refractivity contribution in [2.24, 2.45) is 5.73 Å². The predicted molar refractivity (Wildman–Crippen MR) is 74.0 cm³/mol. The molecule has 4 nitrogen and oxygen atoms in total. The van der Waals surface area contributed by atoms with Gasteiger partial charge in [-0.2, -0.15) is 8.78 Å². The third kappa shape index (κ3) is 4.45. The molecule has 1 aromatic carbocycles. The summed E-state index contributed by atoms with van der Waals surface area (Å²) in [5, 5.41) is 2.53. The highest BCUT2D eigenvalue weighted by Gasteiger charge is 2.29. The van der Waals surface area contributed by atoms with E-state index in [1.54, 1.807) is 27.7 Å². The number of nitrogens with two attached hydrogens (primary N) is 1. The second-order valence-electron chi connectivity index (χ2n) is 5.57. The fourth-order valence-electron chi connectivity index (χ4n) is 1.56. The summed E-state index contributed by atoms with van der Waals surface area (Å²) >= 11 is 0. The van der Waals surface area contributed by atoms with Crippen LogP contribution in [-0.2, 0) is 10.7 Å². The first-order valence-electron chi connectivity index (χ1n) is 6.24. The third-order valence-electron chi connectivity index (χ3n) is 2.54. The molecule has 0 aromatic heterocycles. The molecule has 0 spiro atoms. The number of hydrogen-bond acceptors (Lipinski definition) is 3. The second-order valence-corrected chi connectivity index (χ2v) is 5.57. The minimum atomic E-state index is -3.07. The molecule has 3 N–H and O–H groups in total. The number of anilines is 1. The lowest BCUT2D eigenvalue weighted by atomic mass is 10.0. The number of aryl methyl sites for hydroxylation is 1. The highest BCUT2D eigenvalue weighted by Crippen LogP contribution is 2.29. The zero-order chi connectivity index (χ0) is 15.6. The molecule has 0 aliphatic rings. The molecule has 0 saturated heterocycles. The third-order valence-corrected chi connectivity index (χ3v) is 2.54. The van der Waals surface area contributed by atoms with Crippen molar-refractivity contribution in [2.45, 2.75) is 39.2 Å². The normalized spacial score (nSPS) is 12.2. The van der Waals surface area contributed by atoms with E-state index < -0.39 is 24.2 Å². The van der Waals surface area contributed by atoms with Crippen LogP contribution in [0.25, 0.3) is 0 Å². The maximum atomic E-state index is 13.4. The number of carbonyl (C=O) groups is 1. The van der Waals surface area contributed by atoms with E-state index in [9.17, 15) is 13.6 Å². The van der Waals surface area contributed by atoms with Crippen molar-refractivity contribution < 1.29 is 18.3 Å². The van der Waals surface area contributed by atoms with E-state index in [0.29, 0.717) is 11.3 Å². The summed E-state index contributed by atoms with van der Waals surface area (Å²) in [6.07, 6.45) is -0.626. The zero-order valence-electron chi connectivity index (χ0n) is 12.1. The number of ether oxygens (including phenoxy) is 1. The maximum Gasteiger partial charge on any atom is 0.412 e. The van der Waals surface area contributed by atoms with Gasteiger partial charge in [0.05, 0.1) is 6.54 Å². The smallest absolute Gasteiger partial charge is 0.412 e. The molecule has 0 bridgehead atoms. The number of halogens is 2. The molecule has 0 unspecified atom stereocenters. The van der Waals surface area contributed by atoms with E-state index in [0.717, 1.165) is 0 Å². The van der Waals surface area contributed by atoms with Gasteiger partial charge in [-0.05, 0) is 45.4 Å². The average Bonchev–Trinajstić information content (AvgIpc) is 2.29. The SMILES string of the molecule is Cc1cc(C(F)(F)CN)ccc1NC(=O)OC(C)(C)C. The standard InChI is InChI=1S/C14H20F2N2O2/c1-9-7-10(14(15,16)8-17)5-6-11(9)18-12(19)20-13(2,3)4/h5-7H,8,17H2,1-4H3,(H,18,19). The summed E-state index contributed by atoms with van der Waals surface area (Å²) in [7, 11) is 0. The van der Waals surface area contributed by atoms with Gasteiger partial charge in [0, 0.05) is 11.3 Å². The van der Waals surface area contributed by atoms with Gasteiger partial charge in [0.25, 0.3) is 5.92 Å². The Bertz CT molecular complexity index is 496. The first kappa shape index (κ1) is 16.4. The Labute approximate surface area is 117 Å². The van der Waals surface area contributed by atoms with E-state index in [4.69, 9.17) is 10.5 Å². The molecule has 1 rings (SSSR count). The quantitative estimate of drug-likeness (QED) is 0.895. The molecular weight excluding hydrogens is 266 g/mol. The Morgan fingerprint density at radius 1 is 1.35 bits per heavy atom. The van der Waals surface area contributed by atoms with Gasteiger partial charge in [-0.3, -0.25) is 5.32 Å². The van der Waals surface area contributed by atoms with Crippen molar-refractivity contribution in [2.75, 3.05) is 11.9 Å². The molecule has 0 saturated carbocycles. The highest BCUT2D eigenvalue weighted by atomic mass is 19.3. The summed E-state index contributed by atoms with van der Waals surface area (Å²) in [5.74, 6) is -3.07. The van der Waals surface area contributed by atoms with Gasteiger partial charge in [-0.1, -0.05) is 6.07 Å². The van der Waals surface area contributed by atoms with Crippen LogP contribution in [0.5, 0.6) is 0 Å². The number of alkyl halides is 2. The molecule has 112 valence electrons. The minimum absolute atomic E-state index is 0.174. The fourth-order valence-corrected chi connectivity index (χ4v) is 1.56. The molecule has 0 radical (unpaired) electrons. The summed E-state index contributed by atoms with van der Waals surface area (Å²) in [6.45, 7) is 6.09. The minimum Gasteiger partial charge on any atom is -0.444 e. The van der Waals surface area contributed by atoms with Crippen molar-refractivity contribution in [3.63, 3.8) is 0 Å². The summed E-state index contributed by atoms with van der Waals surface area (Å²) in [4.78, 5) is 11.6. The number of hydrogen-bond donors (Lipinski definition) is 2. The Morgan fingerprint density at radius 3 is 2.40 bits per heavy atom. The molecule has 20 heavy (non-hydrogen) atoms. The van der Waals surface area contributed by atoms with E-state index in [1.165, 1.54) is 18.2 Å². The van der Waals surface area contributed by atoms with Crippen molar-refractivity contribution in [3.8, 4) is 0 Å². The Hall–Kier alpha value is -1.69. The molecule has 0 atom stereocenters. The van der Waals surface area contributed by atoms with Crippen LogP contribution in [-0.4, -0.2) is 18.2 Å². The molecule has 0 aliphatic carbocycles. The molecule has 0 heterocycles. The summed E-state index contributed by atoms with van der Waals surface area (Å²) in [6, 6.07) is 3.96. The molecule has 1 aromatic rings. The van der Waals surface area contributed by atoms with Crippen molar-refractivity contribution >= 4 is 11.8 Å². The summed E-state index contributed by atoms with van der Waals surface area (Å²) < 4.78 is 32.0. The molecule has 0 fully saturated rings. The number of rotatable bonds is 3. The van der Waals surface area contributed by atoms with Gasteiger partial charge in [-0.25, -0.2) is 4.79 Å². The lowest BCUT2D eigenvalue weighted by Crippen LogP contribution is -2.28. The number of amides is 1. The topological polar surface area (TPSA) is 64.3 Å². The number of benzene rings is 1. The van der Waals surface area contributed by atoms with Gasteiger partial charge in [0.1, 0.15) is 5.60 Å². The van der Waals surface area contributed by atoms with Gasteiger partial charge in [-0.15, -0.1) is 0 Å². The zero-order valence-corrected chi connectivity index (χ0v) is 12.1. The van der Waals surface area contributed by atoms with Gasteiger partial charge < -0.3 is 10.5 Å². The van der Waals surface area contributed by atoms with Gasteiger partial charge >= 0.3 is 6.09 Å². The van der Waals surface area contributed by atoms with Crippen LogP contribution in [0, 0.1) is 6.92 Å². The molecular formula is C14H20F2N2O2. The van der Waals surface area contributed by atoms with E-state index in [2.05, 4.69) is 5.32 Å². The van der Waals surface area contributed by atoms with Crippen molar-refractivity contribution in [3.05, 3.63) is 29.3 Å². The largest absolute Gasteiger partial charge is 0.444 e. The van der Waals surface area contributed by atoms with Crippen LogP contribution in [0.3, 0.4) is 0 Å². The van der Waals surface area contributed by atoms with Crippen molar-refractivity contribution in [1.29, 1.82) is 0 Å². The highest BCUT2D eigenvalue weighted by molar-refractivity contribution is 5.85. The van der Waals surface area contributed by atoms with Crippen LogP contribution < -0.4 is 11.1 Å². The second kappa shape index (κ2) is 5.75. The lowest BCUT2D eigenvalue weighted by Gasteiger charge is -2.21. The predicted octanol–water partition coefficient (Wildman–Crippen LogP) is 3.39. The summed E-state index contributed by atoms with van der Waals surface area (Å²) in [5.41, 5.74) is 5.18. The lowest BCUT2D eigenvalue weighted by molar-refractivity contribution is 0.00591. The van der Waals surface area contributed by atoms with E-state index >= 15 is 0 Å². The van der Waals surface area contributed by atoms with Crippen LogP contribution >= 0.6 is 0 Å².